The van der Waals surface area contributed by atoms with E-state index < -0.39 is 10.0 Å². The van der Waals surface area contributed by atoms with E-state index in [0.717, 1.165) is 29.9 Å². The van der Waals surface area contributed by atoms with Gasteiger partial charge in [-0.25, -0.2) is 0 Å². The number of rotatable bonds is 3. The smallest absolute Gasteiger partial charge is 0.199 e. The number of aromatic nitrogens is 2. The van der Waals surface area contributed by atoms with Gasteiger partial charge in [-0.3, -0.25) is 0 Å². The highest BCUT2D eigenvalue weighted by Gasteiger charge is 2.24. The van der Waals surface area contributed by atoms with Crippen LogP contribution in [0.2, 0.25) is 0 Å². The summed E-state index contributed by atoms with van der Waals surface area (Å²) in [6.07, 6.45) is 1.58. The van der Waals surface area contributed by atoms with Crippen LogP contribution in [0, 0.1) is 24.3 Å². The molecule has 0 aliphatic heterocycles. The average Bonchev–Trinajstić information content (AvgIpc) is 2.89. The number of hydrogen-bond acceptors (Lipinski definition) is 3. The summed E-state index contributed by atoms with van der Waals surface area (Å²) in [7, 11) is -3.74. The van der Waals surface area contributed by atoms with Crippen LogP contribution >= 0.6 is 22.6 Å². The zero-order valence-corrected chi connectivity index (χ0v) is 16.6. The van der Waals surface area contributed by atoms with Gasteiger partial charge in [-0.1, -0.05) is 34.9 Å². The van der Waals surface area contributed by atoms with E-state index in [4.69, 9.17) is 0 Å². The number of aryl methyl sites for hydroxylation is 3. The number of halogens is 1. The first-order valence-electron chi connectivity index (χ1n) is 7.43. The first kappa shape index (κ1) is 17.2. The van der Waals surface area contributed by atoms with Gasteiger partial charge >= 0.3 is 0 Å². The predicted molar refractivity (Wildman–Crippen MR) is 104 cm³/mol. The largest absolute Gasteiger partial charge is 0.283 e. The van der Waals surface area contributed by atoms with Gasteiger partial charge in [-0.15, -0.1) is 0 Å². The van der Waals surface area contributed by atoms with Crippen molar-refractivity contribution in [1.82, 2.24) is 9.19 Å². The Morgan fingerprint density at radius 3 is 2.08 bits per heavy atom. The fourth-order valence-corrected chi connectivity index (χ4v) is 4.79. The van der Waals surface area contributed by atoms with E-state index in [1.54, 1.807) is 30.5 Å². The summed E-state index contributed by atoms with van der Waals surface area (Å²) >= 11 is 2.13. The zero-order valence-electron chi connectivity index (χ0n) is 13.6. The van der Waals surface area contributed by atoms with Gasteiger partial charge in [-0.05, 0) is 67.6 Å². The van der Waals surface area contributed by atoms with Crippen LogP contribution in [0.5, 0.6) is 0 Å². The van der Waals surface area contributed by atoms with Crippen molar-refractivity contribution in [3.05, 3.63) is 68.9 Å². The zero-order chi connectivity index (χ0) is 17.5. The minimum atomic E-state index is -3.74. The van der Waals surface area contributed by atoms with E-state index in [2.05, 4.69) is 33.8 Å². The standard InChI is InChI=1S/C18H17IN2O2S/c1-12-4-6-16(7-5-12)24(22,23)21-18(17(19)11-20-21)15-9-13(2)8-14(3)10-15/h4-11H,1-3H3. The van der Waals surface area contributed by atoms with Crippen LogP contribution in [0.25, 0.3) is 11.3 Å². The Morgan fingerprint density at radius 2 is 1.50 bits per heavy atom. The summed E-state index contributed by atoms with van der Waals surface area (Å²) in [5.74, 6) is 0. The monoisotopic (exact) mass is 452 g/mol. The fourth-order valence-electron chi connectivity index (χ4n) is 2.67. The number of benzene rings is 2. The SMILES string of the molecule is Cc1ccc(S(=O)(=O)n2ncc(I)c2-c2cc(C)cc(C)c2)cc1. The van der Waals surface area contributed by atoms with Crippen LogP contribution in [-0.4, -0.2) is 17.6 Å². The molecule has 24 heavy (non-hydrogen) atoms. The van der Waals surface area contributed by atoms with Crippen LogP contribution in [0.15, 0.2) is 53.6 Å². The highest BCUT2D eigenvalue weighted by Crippen LogP contribution is 2.30. The third-order valence-electron chi connectivity index (χ3n) is 3.74. The molecule has 0 radical (unpaired) electrons. The van der Waals surface area contributed by atoms with Gasteiger partial charge in [0.05, 0.1) is 20.4 Å². The van der Waals surface area contributed by atoms with Crippen molar-refractivity contribution < 1.29 is 8.42 Å². The minimum absolute atomic E-state index is 0.234. The molecular formula is C18H17IN2O2S. The molecule has 3 aromatic rings. The van der Waals surface area contributed by atoms with Crippen molar-refractivity contribution in [3.63, 3.8) is 0 Å². The van der Waals surface area contributed by atoms with E-state index in [1.165, 1.54) is 0 Å². The van der Waals surface area contributed by atoms with E-state index >= 15 is 0 Å². The summed E-state index contributed by atoms with van der Waals surface area (Å²) in [4.78, 5) is 0.234. The molecule has 0 fully saturated rings. The lowest BCUT2D eigenvalue weighted by Gasteiger charge is -2.11. The average molecular weight is 452 g/mol. The van der Waals surface area contributed by atoms with E-state index in [-0.39, 0.29) is 4.90 Å². The van der Waals surface area contributed by atoms with Crippen molar-refractivity contribution >= 4 is 32.6 Å². The second-order valence-electron chi connectivity index (χ2n) is 5.88. The van der Waals surface area contributed by atoms with Crippen molar-refractivity contribution in [3.8, 4) is 11.3 Å². The Kier molecular flexibility index (Phi) is 4.52. The summed E-state index contributed by atoms with van der Waals surface area (Å²) < 4.78 is 28.0. The van der Waals surface area contributed by atoms with Crippen molar-refractivity contribution in [2.24, 2.45) is 0 Å². The van der Waals surface area contributed by atoms with Crippen molar-refractivity contribution in [2.45, 2.75) is 25.7 Å². The molecule has 0 atom stereocenters. The Labute approximate surface area is 155 Å². The summed E-state index contributed by atoms with van der Waals surface area (Å²) in [6.45, 7) is 5.92. The summed E-state index contributed by atoms with van der Waals surface area (Å²) in [5, 5.41) is 4.14. The van der Waals surface area contributed by atoms with E-state index in [9.17, 15) is 8.42 Å². The molecular weight excluding hydrogens is 435 g/mol. The van der Waals surface area contributed by atoms with Gasteiger partial charge in [0.25, 0.3) is 10.0 Å². The van der Waals surface area contributed by atoms with Crippen LogP contribution in [0.1, 0.15) is 16.7 Å². The summed E-state index contributed by atoms with van der Waals surface area (Å²) in [6, 6.07) is 12.8. The lowest BCUT2D eigenvalue weighted by molar-refractivity contribution is 0.581. The molecule has 6 heteroatoms. The second kappa shape index (κ2) is 6.33. The van der Waals surface area contributed by atoms with Crippen LogP contribution in [0.4, 0.5) is 0 Å². The van der Waals surface area contributed by atoms with Gasteiger partial charge in [0.15, 0.2) is 0 Å². The van der Waals surface area contributed by atoms with Crippen LogP contribution < -0.4 is 0 Å². The number of nitrogens with zero attached hydrogens (tertiary/aromatic N) is 2. The topological polar surface area (TPSA) is 52.0 Å². The Bertz CT molecular complexity index is 986. The van der Waals surface area contributed by atoms with Crippen molar-refractivity contribution in [2.75, 3.05) is 0 Å². The quantitative estimate of drug-likeness (QED) is 0.557. The molecule has 2 aromatic carbocycles. The lowest BCUT2D eigenvalue weighted by atomic mass is 10.1. The maximum absolute atomic E-state index is 13.0. The molecule has 0 bridgehead atoms. The van der Waals surface area contributed by atoms with Gasteiger partial charge in [0.1, 0.15) is 0 Å². The fraction of sp³-hybridized carbons (Fsp3) is 0.167. The molecule has 1 aromatic heterocycles. The van der Waals surface area contributed by atoms with Gasteiger partial charge in [0, 0.05) is 5.56 Å². The molecule has 0 N–H and O–H groups in total. The molecule has 0 amide bonds. The highest BCUT2D eigenvalue weighted by atomic mass is 127. The molecule has 4 nitrogen and oxygen atoms in total. The minimum Gasteiger partial charge on any atom is -0.199 e. The Balaban J connectivity index is 2.22. The first-order valence-corrected chi connectivity index (χ1v) is 9.95. The highest BCUT2D eigenvalue weighted by molar-refractivity contribution is 14.1. The third-order valence-corrected chi connectivity index (χ3v) is 6.12. The molecule has 124 valence electrons. The molecule has 0 saturated heterocycles. The molecule has 0 saturated carbocycles. The summed E-state index contributed by atoms with van der Waals surface area (Å²) in [5.41, 5.74) is 4.63. The molecule has 0 spiro atoms. The number of hydrogen-bond donors (Lipinski definition) is 0. The van der Waals surface area contributed by atoms with Crippen LogP contribution in [0.3, 0.4) is 0 Å². The maximum atomic E-state index is 13.0. The van der Waals surface area contributed by atoms with Crippen LogP contribution in [-0.2, 0) is 10.0 Å². The normalized spacial score (nSPS) is 11.7. The molecule has 1 heterocycles. The van der Waals surface area contributed by atoms with Gasteiger partial charge < -0.3 is 0 Å². The molecule has 0 aliphatic rings. The van der Waals surface area contributed by atoms with Gasteiger partial charge in [0.2, 0.25) is 0 Å². The second-order valence-corrected chi connectivity index (χ2v) is 8.81. The Hall–Kier alpha value is -1.67. The van der Waals surface area contributed by atoms with E-state index in [1.807, 2.05) is 32.9 Å². The first-order chi connectivity index (χ1) is 11.3. The third kappa shape index (κ3) is 3.12. The maximum Gasteiger partial charge on any atom is 0.283 e. The van der Waals surface area contributed by atoms with Crippen molar-refractivity contribution in [1.29, 1.82) is 0 Å². The Morgan fingerprint density at radius 1 is 0.917 bits per heavy atom. The van der Waals surface area contributed by atoms with Gasteiger partial charge in [-0.2, -0.15) is 17.6 Å². The predicted octanol–water partition coefficient (Wildman–Crippen LogP) is 4.32. The lowest BCUT2D eigenvalue weighted by Crippen LogP contribution is -2.16. The molecule has 0 aliphatic carbocycles. The van der Waals surface area contributed by atoms with E-state index in [0.29, 0.717) is 5.69 Å². The molecule has 3 rings (SSSR count). The molecule has 0 unspecified atom stereocenters.